The lowest BCUT2D eigenvalue weighted by atomic mass is 10.1. The molecule has 0 aliphatic heterocycles. The number of hydrogen-bond donors (Lipinski definition) is 1. The second kappa shape index (κ2) is 15.0. The van der Waals surface area contributed by atoms with E-state index in [0.717, 1.165) is 40.4 Å². The summed E-state index contributed by atoms with van der Waals surface area (Å²) in [7, 11) is 0. The van der Waals surface area contributed by atoms with Gasteiger partial charge in [-0.2, -0.15) is 0 Å². The number of allylic oxidation sites excluding steroid dienone is 2. The first-order valence-electron chi connectivity index (χ1n) is 13.1. The molecular weight excluding hydrogens is 515 g/mol. The molecule has 1 N–H and O–H groups in total. The Morgan fingerprint density at radius 1 is 1.08 bits per heavy atom. The van der Waals surface area contributed by atoms with Crippen molar-refractivity contribution in [3.63, 3.8) is 0 Å². The quantitative estimate of drug-likeness (QED) is 0.106. The van der Waals surface area contributed by atoms with E-state index < -0.39 is 11.9 Å². The molecule has 0 unspecified atom stereocenters. The minimum Gasteiger partial charge on any atom is -0.494 e. The predicted molar refractivity (Wildman–Crippen MR) is 153 cm³/mol. The minimum absolute atomic E-state index is 0.309. The fourth-order valence-corrected chi connectivity index (χ4v) is 4.61. The highest BCUT2D eigenvalue weighted by Crippen LogP contribution is 2.25. The van der Waals surface area contributed by atoms with Crippen LogP contribution in [0.4, 0.5) is 4.39 Å². The van der Waals surface area contributed by atoms with Crippen LogP contribution in [0.2, 0.25) is 0 Å². The number of ether oxygens (including phenoxy) is 2. The average Bonchev–Trinajstić information content (AvgIpc) is 3.38. The van der Waals surface area contributed by atoms with Gasteiger partial charge in [0.25, 0.3) is 5.91 Å². The molecule has 0 bridgehead atoms. The number of unbranched alkanes of at least 4 members (excludes halogenated alkanes) is 1. The van der Waals surface area contributed by atoms with Crippen molar-refractivity contribution in [1.29, 1.82) is 0 Å². The van der Waals surface area contributed by atoms with Crippen LogP contribution in [0.25, 0.3) is 6.08 Å². The van der Waals surface area contributed by atoms with Crippen molar-refractivity contribution < 1.29 is 23.5 Å². The number of hydrogen-bond acceptors (Lipinski definition) is 6. The van der Waals surface area contributed by atoms with Crippen molar-refractivity contribution >= 4 is 29.3 Å². The molecule has 1 atom stereocenters. The fraction of sp³-hybridized carbons (Fsp3) is 0.323. The molecule has 3 rings (SSSR count). The smallest absolute Gasteiger partial charge is 0.333 e. The Bertz CT molecular complexity index is 1300. The van der Waals surface area contributed by atoms with Crippen molar-refractivity contribution in [3.8, 4) is 5.75 Å². The lowest BCUT2D eigenvalue weighted by Crippen LogP contribution is -2.30. The highest BCUT2D eigenvalue weighted by molar-refractivity contribution is 7.09. The molecule has 0 fully saturated rings. The molecular formula is C31H35FN2O4S. The molecule has 1 heterocycles. The van der Waals surface area contributed by atoms with Crippen LogP contribution in [0, 0.1) is 5.82 Å². The Morgan fingerprint density at radius 2 is 1.79 bits per heavy atom. The van der Waals surface area contributed by atoms with Crippen molar-refractivity contribution in [2.75, 3.05) is 13.2 Å². The molecule has 2 aromatic carbocycles. The van der Waals surface area contributed by atoms with Gasteiger partial charge in [0.05, 0.1) is 24.9 Å². The molecule has 0 saturated heterocycles. The van der Waals surface area contributed by atoms with Crippen LogP contribution in [-0.4, -0.2) is 30.1 Å². The number of nitrogens with zero attached hydrogens (tertiary/aromatic N) is 1. The van der Waals surface area contributed by atoms with E-state index in [0.29, 0.717) is 30.8 Å². The van der Waals surface area contributed by atoms with Gasteiger partial charge in [-0.25, -0.2) is 14.2 Å². The Hall–Kier alpha value is -3.78. The maximum absolute atomic E-state index is 13.4. The predicted octanol–water partition coefficient (Wildman–Crippen LogP) is 7.09. The average molecular weight is 551 g/mol. The Balaban J connectivity index is 1.81. The Labute approximate surface area is 233 Å². The van der Waals surface area contributed by atoms with E-state index in [-0.39, 0.29) is 11.9 Å². The molecule has 1 aromatic heterocycles. The van der Waals surface area contributed by atoms with Gasteiger partial charge in [-0.15, -0.1) is 11.3 Å². The van der Waals surface area contributed by atoms with Crippen molar-refractivity contribution in [3.05, 3.63) is 98.8 Å². The number of carbonyl (C=O) groups excluding carboxylic acids is 2. The zero-order valence-corrected chi connectivity index (χ0v) is 23.6. The summed E-state index contributed by atoms with van der Waals surface area (Å²) in [6.07, 6.45) is 6.22. The number of amides is 1. The van der Waals surface area contributed by atoms with Crippen LogP contribution in [0.3, 0.4) is 0 Å². The maximum atomic E-state index is 13.4. The zero-order valence-electron chi connectivity index (χ0n) is 22.8. The Morgan fingerprint density at radius 3 is 2.46 bits per heavy atom. The summed E-state index contributed by atoms with van der Waals surface area (Å²) in [5, 5.41) is 5.71. The van der Waals surface area contributed by atoms with Gasteiger partial charge in [0, 0.05) is 16.5 Å². The largest absolute Gasteiger partial charge is 0.494 e. The molecule has 1 amide bonds. The lowest BCUT2D eigenvalue weighted by molar-refractivity contribution is -0.138. The molecule has 39 heavy (non-hydrogen) atoms. The Kier molecular flexibility index (Phi) is 11.4. The van der Waals surface area contributed by atoms with E-state index in [1.807, 2.05) is 42.6 Å². The topological polar surface area (TPSA) is 77.5 Å². The summed E-state index contributed by atoms with van der Waals surface area (Å²) >= 11 is 1.44. The van der Waals surface area contributed by atoms with E-state index in [1.165, 1.54) is 35.6 Å². The number of aromatic nitrogens is 1. The number of benzene rings is 2. The third-order valence-corrected chi connectivity index (χ3v) is 6.77. The lowest BCUT2D eigenvalue weighted by Gasteiger charge is -2.17. The number of halogens is 1. The summed E-state index contributed by atoms with van der Waals surface area (Å²) < 4.78 is 24.2. The summed E-state index contributed by atoms with van der Waals surface area (Å²) in [6, 6.07) is 12.9. The summed E-state index contributed by atoms with van der Waals surface area (Å²) in [5.74, 6) is -0.253. The van der Waals surface area contributed by atoms with Gasteiger partial charge in [-0.1, -0.05) is 25.5 Å². The SMILES string of the molecule is CCCCOc1ccc(C[C@H](NC(=O)c2ccc(F)cc2)c2nc(/C=C(C)/C=C(/C)C(=O)OCC)cs2)cc1. The molecule has 0 aliphatic carbocycles. The van der Waals surface area contributed by atoms with E-state index >= 15 is 0 Å². The molecule has 6 nitrogen and oxygen atoms in total. The van der Waals surface area contributed by atoms with Gasteiger partial charge in [0.2, 0.25) is 0 Å². The highest BCUT2D eigenvalue weighted by atomic mass is 32.1. The molecule has 3 aromatic rings. The van der Waals surface area contributed by atoms with Crippen molar-refractivity contribution in [2.45, 2.75) is 53.0 Å². The zero-order chi connectivity index (χ0) is 28.2. The first-order valence-corrected chi connectivity index (χ1v) is 13.9. The normalized spacial score (nSPS) is 12.6. The van der Waals surface area contributed by atoms with Crippen LogP contribution in [0.5, 0.6) is 5.75 Å². The second-order valence-electron chi connectivity index (χ2n) is 9.13. The number of rotatable bonds is 13. The summed E-state index contributed by atoms with van der Waals surface area (Å²) in [5.41, 5.74) is 3.46. The number of esters is 1. The van der Waals surface area contributed by atoms with Crippen LogP contribution in [0.15, 0.2) is 71.1 Å². The first-order chi connectivity index (χ1) is 18.8. The van der Waals surface area contributed by atoms with Gasteiger partial charge in [-0.05, 0) is 93.3 Å². The van der Waals surface area contributed by atoms with Crippen LogP contribution >= 0.6 is 11.3 Å². The van der Waals surface area contributed by atoms with Crippen LogP contribution in [0.1, 0.15) is 73.2 Å². The van der Waals surface area contributed by atoms with Gasteiger partial charge >= 0.3 is 5.97 Å². The van der Waals surface area contributed by atoms with E-state index in [9.17, 15) is 14.0 Å². The first kappa shape index (κ1) is 29.8. The third kappa shape index (κ3) is 9.48. The summed E-state index contributed by atoms with van der Waals surface area (Å²) in [4.78, 5) is 29.7. The number of nitrogens with one attached hydrogen (secondary N) is 1. The molecule has 206 valence electrons. The number of thiazole rings is 1. The molecule has 0 aliphatic rings. The van der Waals surface area contributed by atoms with Crippen molar-refractivity contribution in [2.24, 2.45) is 0 Å². The van der Waals surface area contributed by atoms with Gasteiger partial charge in [0.1, 0.15) is 16.6 Å². The standard InChI is InChI=1S/C31H35FN2O4S/c1-5-7-16-38-27-14-8-23(9-15-27)19-28(34-29(35)24-10-12-25(32)13-11-24)30-33-26(20-39-30)18-21(3)17-22(4)31(36)37-6-2/h8-15,17-18,20,28H,5-7,16,19H2,1-4H3,(H,34,35)/b21-18+,22-17-/t28-/m0/s1. The van der Waals surface area contributed by atoms with Crippen LogP contribution < -0.4 is 10.1 Å². The molecule has 8 heteroatoms. The highest BCUT2D eigenvalue weighted by Gasteiger charge is 2.20. The fourth-order valence-electron chi connectivity index (χ4n) is 3.78. The van der Waals surface area contributed by atoms with Gasteiger partial charge in [0.15, 0.2) is 0 Å². The van der Waals surface area contributed by atoms with E-state index in [2.05, 4.69) is 12.2 Å². The molecule has 0 saturated carbocycles. The van der Waals surface area contributed by atoms with Gasteiger partial charge < -0.3 is 14.8 Å². The van der Waals surface area contributed by atoms with Crippen LogP contribution in [-0.2, 0) is 16.0 Å². The number of carbonyl (C=O) groups is 2. The van der Waals surface area contributed by atoms with E-state index in [4.69, 9.17) is 14.5 Å². The van der Waals surface area contributed by atoms with E-state index in [1.54, 1.807) is 19.9 Å². The monoisotopic (exact) mass is 550 g/mol. The van der Waals surface area contributed by atoms with Crippen molar-refractivity contribution in [1.82, 2.24) is 10.3 Å². The summed E-state index contributed by atoms with van der Waals surface area (Å²) in [6.45, 7) is 8.49. The minimum atomic E-state index is -0.404. The molecule has 0 spiro atoms. The molecule has 0 radical (unpaired) electrons. The van der Waals surface area contributed by atoms with Gasteiger partial charge in [-0.3, -0.25) is 4.79 Å². The second-order valence-corrected chi connectivity index (χ2v) is 10.0. The third-order valence-electron chi connectivity index (χ3n) is 5.80. The maximum Gasteiger partial charge on any atom is 0.333 e.